The summed E-state index contributed by atoms with van der Waals surface area (Å²) in [6.07, 6.45) is -4.46. The van der Waals surface area contributed by atoms with Crippen molar-refractivity contribution in [2.75, 3.05) is 6.61 Å². The highest BCUT2D eigenvalue weighted by Gasteiger charge is 2.46. The van der Waals surface area contributed by atoms with Crippen LogP contribution in [0, 0.1) is 0 Å². The second-order valence-corrected chi connectivity index (χ2v) is 5.30. The van der Waals surface area contributed by atoms with Crippen molar-refractivity contribution in [1.82, 2.24) is 0 Å². The maximum Gasteiger partial charge on any atom is 0.136 e. The number of ether oxygens (including phenoxy) is 1. The molecule has 100 valence electrons. The lowest BCUT2D eigenvalue weighted by Gasteiger charge is -2.18. The summed E-state index contributed by atoms with van der Waals surface area (Å²) in [5.74, 6) is 0. The predicted molar refractivity (Wildman–Crippen MR) is 66.1 cm³/mol. The van der Waals surface area contributed by atoms with E-state index in [4.69, 9.17) is 9.84 Å². The highest BCUT2D eigenvalue weighted by atomic mass is 32.2. The standard InChI is InChI=1S/C12H16O5S/c13-6-8(14)11-9(15)10(16)12(17-11)18-7-4-2-1-3-5-7/h1-5,8-16H,6H2/t8?,9-,10-,11-,12-/m1/s1. The lowest BCUT2D eigenvalue weighted by molar-refractivity contribution is -0.0713. The van der Waals surface area contributed by atoms with Crippen LogP contribution in [-0.2, 0) is 4.74 Å². The molecule has 1 fully saturated rings. The fraction of sp³-hybridized carbons (Fsp3) is 0.500. The third kappa shape index (κ3) is 2.85. The molecule has 1 aromatic carbocycles. The van der Waals surface area contributed by atoms with Gasteiger partial charge in [-0.3, -0.25) is 0 Å². The first-order chi connectivity index (χ1) is 8.63. The SMILES string of the molecule is OCC(O)[C@H]1O[C@H](Sc2ccccc2)[C@H](O)[C@H]1O. The van der Waals surface area contributed by atoms with Gasteiger partial charge in [0.2, 0.25) is 0 Å². The molecule has 0 aliphatic carbocycles. The Morgan fingerprint density at radius 3 is 2.44 bits per heavy atom. The lowest BCUT2D eigenvalue weighted by atomic mass is 10.1. The van der Waals surface area contributed by atoms with Gasteiger partial charge in [-0.25, -0.2) is 0 Å². The summed E-state index contributed by atoms with van der Waals surface area (Å²) in [4.78, 5) is 0.896. The Hall–Kier alpha value is -0.630. The van der Waals surface area contributed by atoms with Crippen LogP contribution in [0.25, 0.3) is 0 Å². The molecule has 2 rings (SSSR count). The fourth-order valence-electron chi connectivity index (χ4n) is 1.82. The number of thioether (sulfide) groups is 1. The van der Waals surface area contributed by atoms with Gasteiger partial charge in [0, 0.05) is 4.90 Å². The van der Waals surface area contributed by atoms with E-state index in [2.05, 4.69) is 0 Å². The van der Waals surface area contributed by atoms with Crippen LogP contribution in [0.2, 0.25) is 0 Å². The fourth-order valence-corrected chi connectivity index (χ4v) is 2.89. The maximum absolute atomic E-state index is 9.85. The first-order valence-electron chi connectivity index (χ1n) is 5.65. The zero-order valence-electron chi connectivity index (χ0n) is 9.59. The van der Waals surface area contributed by atoms with E-state index >= 15 is 0 Å². The number of rotatable bonds is 4. The summed E-state index contributed by atoms with van der Waals surface area (Å²) in [6, 6.07) is 9.33. The molecule has 1 aliphatic heterocycles. The van der Waals surface area contributed by atoms with E-state index in [9.17, 15) is 15.3 Å². The Balaban J connectivity index is 2.03. The van der Waals surface area contributed by atoms with E-state index in [1.165, 1.54) is 11.8 Å². The highest BCUT2D eigenvalue weighted by molar-refractivity contribution is 7.99. The topological polar surface area (TPSA) is 90.2 Å². The van der Waals surface area contributed by atoms with Crippen LogP contribution < -0.4 is 0 Å². The van der Waals surface area contributed by atoms with Gasteiger partial charge in [0.1, 0.15) is 29.9 Å². The molecule has 1 unspecified atom stereocenters. The molecule has 4 N–H and O–H groups in total. The van der Waals surface area contributed by atoms with Gasteiger partial charge in [0.05, 0.1) is 6.61 Å². The minimum Gasteiger partial charge on any atom is -0.394 e. The summed E-state index contributed by atoms with van der Waals surface area (Å²) in [6.45, 7) is -0.517. The Kier molecular flexibility index (Phi) is 4.60. The predicted octanol–water partition coefficient (Wildman–Crippen LogP) is -0.421. The van der Waals surface area contributed by atoms with Crippen molar-refractivity contribution in [2.45, 2.75) is 34.7 Å². The van der Waals surface area contributed by atoms with Crippen LogP contribution in [0.4, 0.5) is 0 Å². The molecular formula is C12H16O5S. The van der Waals surface area contributed by atoms with Gasteiger partial charge >= 0.3 is 0 Å². The van der Waals surface area contributed by atoms with E-state index < -0.39 is 36.5 Å². The molecule has 0 bridgehead atoms. The third-order valence-corrected chi connectivity index (χ3v) is 3.98. The highest BCUT2D eigenvalue weighted by Crippen LogP contribution is 2.35. The number of hydrogen-bond acceptors (Lipinski definition) is 6. The monoisotopic (exact) mass is 272 g/mol. The van der Waals surface area contributed by atoms with E-state index in [-0.39, 0.29) is 0 Å². The molecule has 0 radical (unpaired) electrons. The van der Waals surface area contributed by atoms with E-state index in [1.54, 1.807) is 0 Å². The number of hydrogen-bond donors (Lipinski definition) is 4. The smallest absolute Gasteiger partial charge is 0.136 e. The molecular weight excluding hydrogens is 256 g/mol. The van der Waals surface area contributed by atoms with Crippen LogP contribution >= 0.6 is 11.8 Å². The van der Waals surface area contributed by atoms with E-state index in [0.29, 0.717) is 0 Å². The molecule has 1 aliphatic rings. The Morgan fingerprint density at radius 2 is 1.83 bits per heavy atom. The first-order valence-corrected chi connectivity index (χ1v) is 6.53. The largest absolute Gasteiger partial charge is 0.394 e. The van der Waals surface area contributed by atoms with Gasteiger partial charge in [-0.2, -0.15) is 0 Å². The minimum absolute atomic E-state index is 0.517. The second-order valence-electron chi connectivity index (χ2n) is 4.13. The normalized spacial score (nSPS) is 33.6. The van der Waals surface area contributed by atoms with E-state index in [0.717, 1.165) is 4.90 Å². The summed E-state index contributed by atoms with van der Waals surface area (Å²) in [7, 11) is 0. The van der Waals surface area contributed by atoms with Crippen LogP contribution in [-0.4, -0.2) is 56.9 Å². The minimum atomic E-state index is -1.20. The van der Waals surface area contributed by atoms with Crippen molar-refractivity contribution in [3.05, 3.63) is 30.3 Å². The molecule has 18 heavy (non-hydrogen) atoms. The van der Waals surface area contributed by atoms with Crippen LogP contribution in [0.15, 0.2) is 35.2 Å². The Morgan fingerprint density at radius 1 is 1.17 bits per heavy atom. The average Bonchev–Trinajstić information content (AvgIpc) is 2.67. The van der Waals surface area contributed by atoms with Gasteiger partial charge in [0.15, 0.2) is 0 Å². The summed E-state index contributed by atoms with van der Waals surface area (Å²) < 4.78 is 5.40. The summed E-state index contributed by atoms with van der Waals surface area (Å²) in [5, 5.41) is 37.9. The first kappa shape index (κ1) is 13.8. The molecule has 0 amide bonds. The van der Waals surface area contributed by atoms with Crippen LogP contribution in [0.1, 0.15) is 0 Å². The Labute approximate surface area is 109 Å². The second kappa shape index (κ2) is 6.01. The van der Waals surface area contributed by atoms with Crippen LogP contribution in [0.3, 0.4) is 0 Å². The van der Waals surface area contributed by atoms with Crippen molar-refractivity contribution < 1.29 is 25.2 Å². The van der Waals surface area contributed by atoms with Gasteiger partial charge in [-0.15, -0.1) is 0 Å². The van der Waals surface area contributed by atoms with Crippen molar-refractivity contribution >= 4 is 11.8 Å². The van der Waals surface area contributed by atoms with Crippen molar-refractivity contribution in [3.63, 3.8) is 0 Å². The average molecular weight is 272 g/mol. The lowest BCUT2D eigenvalue weighted by Crippen LogP contribution is -2.40. The van der Waals surface area contributed by atoms with Crippen molar-refractivity contribution in [1.29, 1.82) is 0 Å². The summed E-state index contributed by atoms with van der Waals surface area (Å²) in [5.41, 5.74) is -0.659. The molecule has 1 saturated heterocycles. The molecule has 6 heteroatoms. The van der Waals surface area contributed by atoms with Gasteiger partial charge in [-0.1, -0.05) is 30.0 Å². The molecule has 0 spiro atoms. The van der Waals surface area contributed by atoms with E-state index in [1.807, 2.05) is 30.3 Å². The number of aliphatic hydroxyl groups excluding tert-OH is 4. The molecule has 0 aromatic heterocycles. The molecule has 0 saturated carbocycles. The number of aliphatic hydroxyl groups is 4. The third-order valence-electron chi connectivity index (χ3n) is 2.82. The molecule has 1 heterocycles. The molecule has 5 atom stereocenters. The van der Waals surface area contributed by atoms with Gasteiger partial charge in [-0.05, 0) is 12.1 Å². The number of benzene rings is 1. The van der Waals surface area contributed by atoms with Crippen molar-refractivity contribution in [3.8, 4) is 0 Å². The van der Waals surface area contributed by atoms with Gasteiger partial charge in [0.25, 0.3) is 0 Å². The maximum atomic E-state index is 9.85. The van der Waals surface area contributed by atoms with Crippen LogP contribution in [0.5, 0.6) is 0 Å². The van der Waals surface area contributed by atoms with Crippen molar-refractivity contribution in [2.24, 2.45) is 0 Å². The zero-order chi connectivity index (χ0) is 13.1. The Bertz CT molecular complexity index is 374. The molecule has 5 nitrogen and oxygen atoms in total. The molecule has 1 aromatic rings. The zero-order valence-corrected chi connectivity index (χ0v) is 10.4. The summed E-state index contributed by atoms with van der Waals surface area (Å²) >= 11 is 1.27. The quantitative estimate of drug-likeness (QED) is 0.595. The van der Waals surface area contributed by atoms with Gasteiger partial charge < -0.3 is 25.2 Å².